The first-order valence-electron chi connectivity index (χ1n) is 4.97. The van der Waals surface area contributed by atoms with E-state index in [0.717, 1.165) is 17.7 Å². The summed E-state index contributed by atoms with van der Waals surface area (Å²) < 4.78 is 26.7. The van der Waals surface area contributed by atoms with Crippen molar-refractivity contribution in [3.63, 3.8) is 0 Å². The minimum Gasteiger partial charge on any atom is -0.275 e. The molecular formula is C9H17N3O2S. The molecule has 0 saturated heterocycles. The van der Waals surface area contributed by atoms with Crippen molar-refractivity contribution >= 4 is 10.0 Å². The van der Waals surface area contributed by atoms with Crippen LogP contribution in [0.1, 0.15) is 25.1 Å². The molecule has 15 heavy (non-hydrogen) atoms. The van der Waals surface area contributed by atoms with Crippen LogP contribution in [0.15, 0.2) is 6.20 Å². The minimum atomic E-state index is -3.12. The molecule has 0 radical (unpaired) electrons. The topological polar surface area (TPSA) is 64.0 Å². The number of aromatic nitrogens is 2. The number of nitrogens with zero attached hydrogens (tertiary/aromatic N) is 2. The molecule has 1 heterocycles. The van der Waals surface area contributed by atoms with Gasteiger partial charge in [-0.3, -0.25) is 4.68 Å². The molecule has 0 unspecified atom stereocenters. The summed E-state index contributed by atoms with van der Waals surface area (Å²) in [4.78, 5) is 0. The highest BCUT2D eigenvalue weighted by Crippen LogP contribution is 2.07. The molecule has 0 aliphatic heterocycles. The van der Waals surface area contributed by atoms with Gasteiger partial charge in [-0.2, -0.15) is 5.10 Å². The predicted molar refractivity (Wildman–Crippen MR) is 58.9 cm³/mol. The molecule has 0 spiro atoms. The van der Waals surface area contributed by atoms with Gasteiger partial charge in [0.2, 0.25) is 10.0 Å². The molecule has 0 amide bonds. The number of rotatable bonds is 5. The number of nitrogens with one attached hydrogen (secondary N) is 1. The number of hydrogen-bond acceptors (Lipinski definition) is 3. The molecule has 0 aliphatic carbocycles. The largest absolute Gasteiger partial charge is 0.275 e. The van der Waals surface area contributed by atoms with Gasteiger partial charge in [-0.05, 0) is 13.3 Å². The Kier molecular flexibility index (Phi) is 3.87. The van der Waals surface area contributed by atoms with Crippen molar-refractivity contribution in [3.8, 4) is 0 Å². The molecule has 1 aromatic rings. The van der Waals surface area contributed by atoms with E-state index >= 15 is 0 Å². The summed E-state index contributed by atoms with van der Waals surface area (Å²) in [5.41, 5.74) is 1.88. The second-order valence-corrected chi connectivity index (χ2v) is 5.45. The third-order valence-corrected chi connectivity index (χ3v) is 3.53. The van der Waals surface area contributed by atoms with Crippen LogP contribution in [0.4, 0.5) is 0 Å². The van der Waals surface area contributed by atoms with Crippen molar-refractivity contribution < 1.29 is 8.42 Å². The molecule has 1 aromatic heterocycles. The van der Waals surface area contributed by atoms with Crippen LogP contribution < -0.4 is 4.72 Å². The van der Waals surface area contributed by atoms with E-state index in [0.29, 0.717) is 6.54 Å². The molecule has 1 N–H and O–H groups in total. The minimum absolute atomic E-state index is 0.106. The van der Waals surface area contributed by atoms with Crippen LogP contribution in [0.3, 0.4) is 0 Å². The fourth-order valence-corrected chi connectivity index (χ4v) is 1.90. The van der Waals surface area contributed by atoms with Gasteiger partial charge in [0.05, 0.1) is 11.4 Å². The summed E-state index contributed by atoms with van der Waals surface area (Å²) in [6.45, 7) is 3.94. The van der Waals surface area contributed by atoms with Crippen molar-refractivity contribution in [1.29, 1.82) is 0 Å². The zero-order chi connectivity index (χ0) is 11.5. The van der Waals surface area contributed by atoms with Gasteiger partial charge in [0.15, 0.2) is 0 Å². The van der Waals surface area contributed by atoms with Crippen molar-refractivity contribution in [2.45, 2.75) is 26.8 Å². The Balaban J connectivity index is 2.73. The number of hydrogen-bond donors (Lipinski definition) is 1. The van der Waals surface area contributed by atoms with E-state index in [9.17, 15) is 8.42 Å². The van der Waals surface area contributed by atoms with E-state index in [1.54, 1.807) is 11.6 Å². The maximum absolute atomic E-state index is 11.2. The fourth-order valence-electron chi connectivity index (χ4n) is 1.32. The molecule has 0 aromatic carbocycles. The van der Waals surface area contributed by atoms with Gasteiger partial charge in [-0.25, -0.2) is 13.1 Å². The second kappa shape index (κ2) is 4.76. The Morgan fingerprint density at radius 3 is 2.67 bits per heavy atom. The van der Waals surface area contributed by atoms with E-state index in [2.05, 4.69) is 9.82 Å². The average Bonchev–Trinajstić information content (AvgIpc) is 2.56. The first kappa shape index (κ1) is 12.2. The van der Waals surface area contributed by atoms with E-state index in [4.69, 9.17) is 0 Å². The molecule has 86 valence electrons. The maximum atomic E-state index is 11.2. The van der Waals surface area contributed by atoms with Crippen molar-refractivity contribution in [2.24, 2.45) is 7.05 Å². The van der Waals surface area contributed by atoms with Crippen molar-refractivity contribution in [3.05, 3.63) is 17.5 Å². The van der Waals surface area contributed by atoms with Gasteiger partial charge in [-0.15, -0.1) is 0 Å². The van der Waals surface area contributed by atoms with E-state index in [-0.39, 0.29) is 5.75 Å². The Hall–Kier alpha value is -0.880. The standard InChI is InChI=1S/C9H17N3O2S/c1-4-9-8(7-12(3)11-9)6-10-15(13,14)5-2/h7,10H,4-6H2,1-3H3. The van der Waals surface area contributed by atoms with Crippen molar-refractivity contribution in [1.82, 2.24) is 14.5 Å². The van der Waals surface area contributed by atoms with Crippen LogP contribution in [0, 0.1) is 0 Å². The van der Waals surface area contributed by atoms with Crippen LogP contribution in [0.25, 0.3) is 0 Å². The lowest BCUT2D eigenvalue weighted by atomic mass is 10.2. The molecule has 5 nitrogen and oxygen atoms in total. The van der Waals surface area contributed by atoms with Crippen LogP contribution in [-0.4, -0.2) is 24.0 Å². The average molecular weight is 231 g/mol. The van der Waals surface area contributed by atoms with Gasteiger partial charge in [-0.1, -0.05) is 6.92 Å². The fraction of sp³-hybridized carbons (Fsp3) is 0.667. The monoisotopic (exact) mass is 231 g/mol. The number of sulfonamides is 1. The summed E-state index contributed by atoms with van der Waals surface area (Å²) in [7, 11) is -1.29. The zero-order valence-electron chi connectivity index (χ0n) is 9.32. The van der Waals surface area contributed by atoms with Crippen LogP contribution >= 0.6 is 0 Å². The third-order valence-electron chi connectivity index (χ3n) is 2.19. The Morgan fingerprint density at radius 2 is 2.13 bits per heavy atom. The second-order valence-electron chi connectivity index (χ2n) is 3.35. The van der Waals surface area contributed by atoms with Gasteiger partial charge in [0.25, 0.3) is 0 Å². The summed E-state index contributed by atoms with van der Waals surface area (Å²) in [5, 5.41) is 4.24. The lowest BCUT2D eigenvalue weighted by Crippen LogP contribution is -2.24. The molecule has 0 aliphatic rings. The highest BCUT2D eigenvalue weighted by Gasteiger charge is 2.10. The van der Waals surface area contributed by atoms with Crippen LogP contribution in [-0.2, 0) is 30.0 Å². The van der Waals surface area contributed by atoms with Gasteiger partial charge >= 0.3 is 0 Å². The van der Waals surface area contributed by atoms with E-state index < -0.39 is 10.0 Å². The lowest BCUT2D eigenvalue weighted by Gasteiger charge is -2.03. The first-order chi connectivity index (χ1) is 6.98. The molecule has 6 heteroatoms. The smallest absolute Gasteiger partial charge is 0.211 e. The van der Waals surface area contributed by atoms with Gasteiger partial charge in [0.1, 0.15) is 0 Å². The summed E-state index contributed by atoms with van der Waals surface area (Å²) in [6.07, 6.45) is 2.65. The van der Waals surface area contributed by atoms with Gasteiger partial charge in [0, 0.05) is 25.4 Å². The first-order valence-corrected chi connectivity index (χ1v) is 6.62. The highest BCUT2D eigenvalue weighted by atomic mass is 32.2. The molecular weight excluding hydrogens is 214 g/mol. The molecule has 1 rings (SSSR count). The molecule has 0 fully saturated rings. The number of aryl methyl sites for hydroxylation is 2. The summed E-state index contributed by atoms with van der Waals surface area (Å²) >= 11 is 0. The maximum Gasteiger partial charge on any atom is 0.211 e. The highest BCUT2D eigenvalue weighted by molar-refractivity contribution is 7.89. The summed E-state index contributed by atoms with van der Waals surface area (Å²) in [6, 6.07) is 0. The van der Waals surface area contributed by atoms with Crippen LogP contribution in [0.2, 0.25) is 0 Å². The zero-order valence-corrected chi connectivity index (χ0v) is 10.1. The Bertz CT molecular complexity index is 423. The normalized spacial score (nSPS) is 11.9. The molecule has 0 atom stereocenters. The summed E-state index contributed by atoms with van der Waals surface area (Å²) in [5.74, 6) is 0.106. The molecule has 0 bridgehead atoms. The van der Waals surface area contributed by atoms with Crippen molar-refractivity contribution in [2.75, 3.05) is 5.75 Å². The Labute approximate surface area is 90.5 Å². The van der Waals surface area contributed by atoms with E-state index in [1.807, 2.05) is 20.2 Å². The SMILES string of the molecule is CCc1nn(C)cc1CNS(=O)(=O)CC. The van der Waals surface area contributed by atoms with E-state index in [1.165, 1.54) is 0 Å². The predicted octanol–water partition coefficient (Wildman–Crippen LogP) is 0.422. The molecule has 0 saturated carbocycles. The Morgan fingerprint density at radius 1 is 1.47 bits per heavy atom. The van der Waals surface area contributed by atoms with Gasteiger partial charge < -0.3 is 0 Å². The third kappa shape index (κ3) is 3.32. The quantitative estimate of drug-likeness (QED) is 0.799. The lowest BCUT2D eigenvalue weighted by molar-refractivity contribution is 0.582. The van der Waals surface area contributed by atoms with Crippen LogP contribution in [0.5, 0.6) is 0 Å².